The van der Waals surface area contributed by atoms with Crippen molar-refractivity contribution in [3.63, 3.8) is 0 Å². The van der Waals surface area contributed by atoms with Crippen LogP contribution in [-0.2, 0) is 4.79 Å². The zero-order valence-corrected chi connectivity index (χ0v) is 11.9. The lowest BCUT2D eigenvalue weighted by Gasteiger charge is -2.37. The first kappa shape index (κ1) is 13.9. The molecule has 3 heteroatoms. The molecule has 0 aliphatic heterocycles. The van der Waals surface area contributed by atoms with E-state index in [0.29, 0.717) is 11.9 Å². The monoisotopic (exact) mass is 252 g/mol. The Bertz CT molecular complexity index is 284. The van der Waals surface area contributed by atoms with E-state index in [1.54, 1.807) is 0 Å². The lowest BCUT2D eigenvalue weighted by Crippen LogP contribution is -2.48. The molecule has 0 aromatic rings. The van der Waals surface area contributed by atoms with E-state index in [9.17, 15) is 4.79 Å². The predicted octanol–water partition coefficient (Wildman–Crippen LogP) is 2.54. The molecule has 0 aromatic carbocycles. The molecular formula is C15H28N2O. The summed E-state index contributed by atoms with van der Waals surface area (Å²) >= 11 is 0. The van der Waals surface area contributed by atoms with Crippen LogP contribution >= 0.6 is 0 Å². The maximum Gasteiger partial charge on any atom is 0.227 e. The Morgan fingerprint density at radius 1 is 1.06 bits per heavy atom. The van der Waals surface area contributed by atoms with Crippen LogP contribution in [0.25, 0.3) is 0 Å². The zero-order chi connectivity index (χ0) is 13.1. The standard InChI is InChI=1S/C15H28N2O/c1-11-7-9-12(10-8-11)17(2)15(18)13-5-3-4-6-14(13)16/h11-14H,3-10,16H2,1-2H3. The summed E-state index contributed by atoms with van der Waals surface area (Å²) in [6.07, 6.45) is 9.24. The van der Waals surface area contributed by atoms with Crippen LogP contribution in [0.4, 0.5) is 0 Å². The molecule has 2 rings (SSSR count). The third-order valence-electron chi connectivity index (χ3n) is 5.02. The first-order chi connectivity index (χ1) is 8.59. The molecule has 2 saturated carbocycles. The second kappa shape index (κ2) is 6.05. The van der Waals surface area contributed by atoms with Crippen LogP contribution in [-0.4, -0.2) is 29.9 Å². The van der Waals surface area contributed by atoms with Crippen LogP contribution in [0.3, 0.4) is 0 Å². The minimum Gasteiger partial charge on any atom is -0.342 e. The van der Waals surface area contributed by atoms with E-state index in [0.717, 1.165) is 18.8 Å². The van der Waals surface area contributed by atoms with Gasteiger partial charge in [0, 0.05) is 19.1 Å². The molecule has 3 nitrogen and oxygen atoms in total. The molecule has 2 unspecified atom stereocenters. The molecule has 0 heterocycles. The van der Waals surface area contributed by atoms with Gasteiger partial charge >= 0.3 is 0 Å². The van der Waals surface area contributed by atoms with Crippen molar-refractivity contribution in [3.05, 3.63) is 0 Å². The highest BCUT2D eigenvalue weighted by atomic mass is 16.2. The molecule has 104 valence electrons. The van der Waals surface area contributed by atoms with E-state index in [1.807, 2.05) is 11.9 Å². The van der Waals surface area contributed by atoms with Gasteiger partial charge in [-0.1, -0.05) is 19.8 Å². The Balaban J connectivity index is 1.91. The minimum atomic E-state index is 0.0862. The summed E-state index contributed by atoms with van der Waals surface area (Å²) in [6, 6.07) is 0.555. The van der Waals surface area contributed by atoms with E-state index in [1.165, 1.54) is 38.5 Å². The molecule has 2 fully saturated rings. The molecule has 18 heavy (non-hydrogen) atoms. The third-order valence-corrected chi connectivity index (χ3v) is 5.02. The van der Waals surface area contributed by atoms with Gasteiger partial charge in [-0.15, -0.1) is 0 Å². The van der Waals surface area contributed by atoms with Gasteiger partial charge in [-0.25, -0.2) is 0 Å². The van der Waals surface area contributed by atoms with Gasteiger partial charge in [-0.05, 0) is 44.4 Å². The zero-order valence-electron chi connectivity index (χ0n) is 11.9. The third kappa shape index (κ3) is 3.05. The average molecular weight is 252 g/mol. The normalized spacial score (nSPS) is 37.3. The topological polar surface area (TPSA) is 46.3 Å². The second-order valence-corrected chi connectivity index (χ2v) is 6.42. The number of carbonyl (C=O) groups excluding carboxylic acids is 1. The van der Waals surface area contributed by atoms with E-state index in [4.69, 9.17) is 5.73 Å². The van der Waals surface area contributed by atoms with Crippen LogP contribution < -0.4 is 5.73 Å². The number of nitrogens with two attached hydrogens (primary N) is 1. The number of hydrogen-bond donors (Lipinski definition) is 1. The lowest BCUT2D eigenvalue weighted by molar-refractivity contribution is -0.138. The number of hydrogen-bond acceptors (Lipinski definition) is 2. The largest absolute Gasteiger partial charge is 0.342 e. The highest BCUT2D eigenvalue weighted by molar-refractivity contribution is 5.79. The molecule has 0 saturated heterocycles. The second-order valence-electron chi connectivity index (χ2n) is 6.42. The first-order valence-electron chi connectivity index (χ1n) is 7.62. The van der Waals surface area contributed by atoms with Gasteiger partial charge in [0.15, 0.2) is 0 Å². The van der Waals surface area contributed by atoms with Gasteiger partial charge in [0.2, 0.25) is 5.91 Å². The summed E-state index contributed by atoms with van der Waals surface area (Å²) in [5.74, 6) is 1.23. The van der Waals surface area contributed by atoms with E-state index in [2.05, 4.69) is 6.92 Å². The van der Waals surface area contributed by atoms with Crippen LogP contribution in [0.1, 0.15) is 58.3 Å². The fourth-order valence-corrected chi connectivity index (χ4v) is 3.54. The minimum absolute atomic E-state index is 0.0862. The van der Waals surface area contributed by atoms with E-state index in [-0.39, 0.29) is 12.0 Å². The fourth-order valence-electron chi connectivity index (χ4n) is 3.54. The summed E-state index contributed by atoms with van der Waals surface area (Å²) in [5, 5.41) is 0. The molecule has 2 aliphatic carbocycles. The summed E-state index contributed by atoms with van der Waals surface area (Å²) in [7, 11) is 1.99. The fraction of sp³-hybridized carbons (Fsp3) is 0.933. The SMILES string of the molecule is CC1CCC(N(C)C(=O)C2CCCCC2N)CC1. The van der Waals surface area contributed by atoms with Crippen molar-refractivity contribution >= 4 is 5.91 Å². The molecule has 0 aromatic heterocycles. The van der Waals surface area contributed by atoms with Crippen LogP contribution in [0.15, 0.2) is 0 Å². The number of rotatable bonds is 2. The summed E-state index contributed by atoms with van der Waals surface area (Å²) in [4.78, 5) is 14.6. The maximum atomic E-state index is 12.5. The quantitative estimate of drug-likeness (QED) is 0.821. The molecule has 0 spiro atoms. The van der Waals surface area contributed by atoms with Crippen molar-refractivity contribution in [1.82, 2.24) is 4.90 Å². The van der Waals surface area contributed by atoms with Crippen molar-refractivity contribution in [2.45, 2.75) is 70.4 Å². The molecule has 1 amide bonds. The summed E-state index contributed by atoms with van der Waals surface area (Å²) < 4.78 is 0. The van der Waals surface area contributed by atoms with Crippen molar-refractivity contribution in [1.29, 1.82) is 0 Å². The number of amides is 1. The van der Waals surface area contributed by atoms with Crippen LogP contribution in [0.2, 0.25) is 0 Å². The van der Waals surface area contributed by atoms with Crippen LogP contribution in [0.5, 0.6) is 0 Å². The van der Waals surface area contributed by atoms with Crippen LogP contribution in [0, 0.1) is 11.8 Å². The Labute approximate surface area is 111 Å². The smallest absolute Gasteiger partial charge is 0.227 e. The first-order valence-corrected chi connectivity index (χ1v) is 7.62. The highest BCUT2D eigenvalue weighted by Gasteiger charge is 2.33. The van der Waals surface area contributed by atoms with Gasteiger partial charge in [0.25, 0.3) is 0 Å². The molecule has 2 atom stereocenters. The average Bonchev–Trinajstić information content (AvgIpc) is 2.38. The Morgan fingerprint density at radius 2 is 1.67 bits per heavy atom. The molecule has 2 aliphatic rings. The van der Waals surface area contributed by atoms with Gasteiger partial charge < -0.3 is 10.6 Å². The van der Waals surface area contributed by atoms with Gasteiger partial charge in [0.1, 0.15) is 0 Å². The maximum absolute atomic E-state index is 12.5. The summed E-state index contributed by atoms with van der Waals surface area (Å²) in [5.41, 5.74) is 6.12. The van der Waals surface area contributed by atoms with Crippen molar-refractivity contribution in [3.8, 4) is 0 Å². The number of carbonyl (C=O) groups is 1. The predicted molar refractivity (Wildman–Crippen MR) is 74.1 cm³/mol. The number of nitrogens with zero attached hydrogens (tertiary/aromatic N) is 1. The van der Waals surface area contributed by atoms with Crippen molar-refractivity contribution < 1.29 is 4.79 Å². The molecule has 2 N–H and O–H groups in total. The van der Waals surface area contributed by atoms with E-state index >= 15 is 0 Å². The Morgan fingerprint density at radius 3 is 2.28 bits per heavy atom. The Hall–Kier alpha value is -0.570. The van der Waals surface area contributed by atoms with Crippen molar-refractivity contribution in [2.75, 3.05) is 7.05 Å². The van der Waals surface area contributed by atoms with Crippen molar-refractivity contribution in [2.24, 2.45) is 17.6 Å². The lowest BCUT2D eigenvalue weighted by atomic mass is 9.82. The highest BCUT2D eigenvalue weighted by Crippen LogP contribution is 2.30. The van der Waals surface area contributed by atoms with Gasteiger partial charge in [-0.3, -0.25) is 4.79 Å². The summed E-state index contributed by atoms with van der Waals surface area (Å²) in [6.45, 7) is 2.31. The van der Waals surface area contributed by atoms with E-state index < -0.39 is 0 Å². The van der Waals surface area contributed by atoms with Gasteiger partial charge in [0.05, 0.1) is 5.92 Å². The molecule has 0 radical (unpaired) electrons. The molecule has 0 bridgehead atoms. The molecular weight excluding hydrogens is 224 g/mol. The van der Waals surface area contributed by atoms with Gasteiger partial charge in [-0.2, -0.15) is 0 Å². The Kier molecular flexibility index (Phi) is 4.66.